The van der Waals surface area contributed by atoms with Crippen LogP contribution in [0, 0.1) is 5.92 Å². The minimum Gasteiger partial charge on any atom is -0.337 e. The van der Waals surface area contributed by atoms with Crippen LogP contribution >= 0.6 is 11.6 Å². The van der Waals surface area contributed by atoms with Gasteiger partial charge in [-0.25, -0.2) is 4.98 Å². The monoisotopic (exact) mass is 326 g/mol. The SMILES string of the molecule is CC1CC(CCc2cccc(Cl)c2)=C(Nc2ccccn2)C1=O. The number of ketones is 1. The van der Waals surface area contributed by atoms with Crippen LogP contribution in [0.25, 0.3) is 0 Å². The van der Waals surface area contributed by atoms with E-state index in [0.717, 1.165) is 30.0 Å². The summed E-state index contributed by atoms with van der Waals surface area (Å²) >= 11 is 6.04. The fourth-order valence-corrected chi connectivity index (χ4v) is 3.13. The average Bonchev–Trinajstić information content (AvgIpc) is 2.82. The maximum atomic E-state index is 12.4. The predicted molar refractivity (Wildman–Crippen MR) is 93.4 cm³/mol. The molecule has 0 amide bonds. The Bertz CT molecular complexity index is 740. The van der Waals surface area contributed by atoms with Crippen LogP contribution in [0.3, 0.4) is 0 Å². The highest BCUT2D eigenvalue weighted by Gasteiger charge is 2.29. The Hall–Kier alpha value is -2.13. The number of nitrogens with one attached hydrogen (secondary N) is 1. The molecular formula is C19H19ClN2O. The molecule has 1 atom stereocenters. The summed E-state index contributed by atoms with van der Waals surface area (Å²) in [5.74, 6) is 0.928. The fourth-order valence-electron chi connectivity index (χ4n) is 2.91. The molecule has 2 aromatic rings. The van der Waals surface area contributed by atoms with Gasteiger partial charge in [-0.05, 0) is 54.7 Å². The standard InChI is InChI=1S/C19H19ClN2O/c1-13-11-15(9-8-14-5-4-6-16(20)12-14)18(19(13)23)22-17-7-2-3-10-21-17/h2-7,10,12-13H,8-9,11H2,1H3,(H,21,22). The first-order chi connectivity index (χ1) is 11.1. The van der Waals surface area contributed by atoms with Crippen molar-refractivity contribution in [3.63, 3.8) is 0 Å². The van der Waals surface area contributed by atoms with Gasteiger partial charge in [0.1, 0.15) is 5.82 Å². The first-order valence-electron chi connectivity index (χ1n) is 7.82. The van der Waals surface area contributed by atoms with Gasteiger partial charge >= 0.3 is 0 Å². The number of benzene rings is 1. The van der Waals surface area contributed by atoms with Gasteiger partial charge < -0.3 is 5.32 Å². The Balaban J connectivity index is 1.77. The van der Waals surface area contributed by atoms with Crippen LogP contribution in [0.15, 0.2) is 59.9 Å². The largest absolute Gasteiger partial charge is 0.337 e. The molecule has 0 aliphatic heterocycles. The molecule has 0 saturated heterocycles. The number of anilines is 1. The van der Waals surface area contributed by atoms with Crippen molar-refractivity contribution in [2.24, 2.45) is 5.92 Å². The van der Waals surface area contributed by atoms with E-state index in [1.807, 2.05) is 43.3 Å². The summed E-state index contributed by atoms with van der Waals surface area (Å²) in [6.07, 6.45) is 4.26. The molecule has 1 aromatic carbocycles. The Morgan fingerprint density at radius 1 is 1.22 bits per heavy atom. The molecule has 0 spiro atoms. The highest BCUT2D eigenvalue weighted by Crippen LogP contribution is 2.31. The highest BCUT2D eigenvalue weighted by atomic mass is 35.5. The van der Waals surface area contributed by atoms with Gasteiger partial charge in [0, 0.05) is 17.1 Å². The second-order valence-corrected chi connectivity index (χ2v) is 6.35. The molecule has 4 heteroatoms. The molecule has 3 rings (SSSR count). The molecule has 3 nitrogen and oxygen atoms in total. The van der Waals surface area contributed by atoms with Crippen molar-refractivity contribution in [1.29, 1.82) is 0 Å². The van der Waals surface area contributed by atoms with Gasteiger partial charge in [0.05, 0.1) is 5.70 Å². The molecule has 23 heavy (non-hydrogen) atoms. The summed E-state index contributed by atoms with van der Waals surface area (Å²) < 4.78 is 0. The van der Waals surface area contributed by atoms with Gasteiger partial charge in [-0.3, -0.25) is 4.79 Å². The van der Waals surface area contributed by atoms with Gasteiger partial charge in [0.25, 0.3) is 0 Å². The number of carbonyl (C=O) groups is 1. The molecule has 0 saturated carbocycles. The zero-order valence-electron chi connectivity index (χ0n) is 13.1. The van der Waals surface area contributed by atoms with Crippen molar-refractivity contribution < 1.29 is 4.79 Å². The van der Waals surface area contributed by atoms with Crippen LogP contribution in [0.1, 0.15) is 25.3 Å². The normalized spacial score (nSPS) is 17.7. The number of aryl methyl sites for hydroxylation is 1. The van der Waals surface area contributed by atoms with E-state index in [0.29, 0.717) is 5.82 Å². The lowest BCUT2D eigenvalue weighted by molar-refractivity contribution is -0.117. The molecule has 0 radical (unpaired) electrons. The summed E-state index contributed by atoms with van der Waals surface area (Å²) in [6.45, 7) is 1.98. The number of allylic oxidation sites excluding steroid dienone is 2. The third kappa shape index (κ3) is 3.80. The Kier molecular flexibility index (Phi) is 4.77. The minimum atomic E-state index is 0.0376. The van der Waals surface area contributed by atoms with Crippen molar-refractivity contribution in [2.75, 3.05) is 5.32 Å². The number of Topliss-reactive ketones (excluding diaryl/α,β-unsaturated/α-hetero) is 1. The van der Waals surface area contributed by atoms with Crippen molar-refractivity contribution in [3.05, 3.63) is 70.5 Å². The van der Waals surface area contributed by atoms with Crippen LogP contribution in [-0.2, 0) is 11.2 Å². The van der Waals surface area contributed by atoms with Gasteiger partial charge in [-0.2, -0.15) is 0 Å². The fraction of sp³-hybridized carbons (Fsp3) is 0.263. The van der Waals surface area contributed by atoms with E-state index in [4.69, 9.17) is 11.6 Å². The summed E-state index contributed by atoms with van der Waals surface area (Å²) in [5, 5.41) is 3.96. The van der Waals surface area contributed by atoms with Crippen LogP contribution < -0.4 is 5.32 Å². The summed E-state index contributed by atoms with van der Waals surface area (Å²) in [5.41, 5.74) is 3.08. The maximum Gasteiger partial charge on any atom is 0.182 e. The summed E-state index contributed by atoms with van der Waals surface area (Å²) in [6, 6.07) is 13.5. The molecule has 0 bridgehead atoms. The van der Waals surface area contributed by atoms with Crippen LogP contribution in [0.5, 0.6) is 0 Å². The molecule has 1 aliphatic rings. The lowest BCUT2D eigenvalue weighted by Gasteiger charge is -2.09. The predicted octanol–water partition coefficient (Wildman–Crippen LogP) is 4.64. The number of hydrogen-bond acceptors (Lipinski definition) is 3. The second kappa shape index (κ2) is 6.97. The number of aromatic nitrogens is 1. The lowest BCUT2D eigenvalue weighted by Crippen LogP contribution is -2.13. The van der Waals surface area contributed by atoms with Crippen molar-refractivity contribution in [2.45, 2.75) is 26.2 Å². The third-order valence-electron chi connectivity index (χ3n) is 4.12. The number of hydrogen-bond donors (Lipinski definition) is 1. The molecule has 118 valence electrons. The van der Waals surface area contributed by atoms with Gasteiger partial charge in [-0.1, -0.05) is 36.7 Å². The lowest BCUT2D eigenvalue weighted by atomic mass is 10.0. The van der Waals surface area contributed by atoms with Crippen LogP contribution in [-0.4, -0.2) is 10.8 Å². The van der Waals surface area contributed by atoms with Crippen molar-refractivity contribution in [1.82, 2.24) is 4.98 Å². The van der Waals surface area contributed by atoms with E-state index >= 15 is 0 Å². The number of pyridine rings is 1. The highest BCUT2D eigenvalue weighted by molar-refractivity contribution is 6.30. The van der Waals surface area contributed by atoms with E-state index in [9.17, 15) is 4.79 Å². The minimum absolute atomic E-state index is 0.0376. The van der Waals surface area contributed by atoms with Crippen LogP contribution in [0.4, 0.5) is 5.82 Å². The molecule has 1 unspecified atom stereocenters. The van der Waals surface area contributed by atoms with Gasteiger partial charge in [0.2, 0.25) is 0 Å². The summed E-state index contributed by atoms with van der Waals surface area (Å²) in [4.78, 5) is 16.7. The number of halogens is 1. The first-order valence-corrected chi connectivity index (χ1v) is 8.20. The van der Waals surface area contributed by atoms with Gasteiger partial charge in [0.15, 0.2) is 5.78 Å². The zero-order chi connectivity index (χ0) is 16.2. The molecule has 1 N–H and O–H groups in total. The Morgan fingerprint density at radius 3 is 2.83 bits per heavy atom. The maximum absolute atomic E-state index is 12.4. The van der Waals surface area contributed by atoms with E-state index in [-0.39, 0.29) is 11.7 Å². The first kappa shape index (κ1) is 15.8. The number of rotatable bonds is 5. The van der Waals surface area contributed by atoms with E-state index < -0.39 is 0 Å². The van der Waals surface area contributed by atoms with Gasteiger partial charge in [-0.15, -0.1) is 0 Å². The molecule has 1 aromatic heterocycles. The molecular weight excluding hydrogens is 308 g/mol. The zero-order valence-corrected chi connectivity index (χ0v) is 13.8. The molecule has 1 heterocycles. The topological polar surface area (TPSA) is 42.0 Å². The smallest absolute Gasteiger partial charge is 0.182 e. The second-order valence-electron chi connectivity index (χ2n) is 5.92. The summed E-state index contributed by atoms with van der Waals surface area (Å²) in [7, 11) is 0. The number of carbonyl (C=O) groups excluding carboxylic acids is 1. The molecule has 1 aliphatic carbocycles. The Labute approximate surface area is 141 Å². The van der Waals surface area contributed by atoms with E-state index in [1.54, 1.807) is 6.20 Å². The average molecular weight is 327 g/mol. The van der Waals surface area contributed by atoms with E-state index in [1.165, 1.54) is 11.1 Å². The van der Waals surface area contributed by atoms with Crippen LogP contribution in [0.2, 0.25) is 5.02 Å². The quantitative estimate of drug-likeness (QED) is 0.870. The third-order valence-corrected chi connectivity index (χ3v) is 4.36. The van der Waals surface area contributed by atoms with Crippen molar-refractivity contribution >= 4 is 23.2 Å². The van der Waals surface area contributed by atoms with Crippen molar-refractivity contribution in [3.8, 4) is 0 Å². The Morgan fingerprint density at radius 2 is 2.09 bits per heavy atom. The number of nitrogens with zero attached hydrogens (tertiary/aromatic N) is 1. The van der Waals surface area contributed by atoms with E-state index in [2.05, 4.69) is 16.4 Å². The molecule has 0 fully saturated rings.